The van der Waals surface area contributed by atoms with Crippen LogP contribution in [-0.4, -0.2) is 21.6 Å². The van der Waals surface area contributed by atoms with Gasteiger partial charge in [0.05, 0.1) is 17.9 Å². The molecule has 3 aromatic rings. The maximum atomic E-state index is 12.3. The van der Waals surface area contributed by atoms with Crippen molar-refractivity contribution in [3.8, 4) is 5.69 Å². The topological polar surface area (TPSA) is 76.0 Å². The molecule has 29 heavy (non-hydrogen) atoms. The van der Waals surface area contributed by atoms with Crippen LogP contribution in [0.4, 0.5) is 5.69 Å². The highest BCUT2D eigenvalue weighted by Crippen LogP contribution is 2.17. The first kappa shape index (κ1) is 20.3. The number of para-hydroxylation sites is 1. The van der Waals surface area contributed by atoms with E-state index in [9.17, 15) is 9.59 Å². The summed E-state index contributed by atoms with van der Waals surface area (Å²) >= 11 is 0. The Morgan fingerprint density at radius 1 is 1.03 bits per heavy atom. The first-order chi connectivity index (χ1) is 14.0. The normalized spacial score (nSPS) is 11.7. The Balaban J connectivity index is 1.49. The Morgan fingerprint density at radius 2 is 1.76 bits per heavy atom. The minimum absolute atomic E-state index is 0.00618. The van der Waals surface area contributed by atoms with Gasteiger partial charge < -0.3 is 10.6 Å². The van der Waals surface area contributed by atoms with Crippen molar-refractivity contribution in [3.63, 3.8) is 0 Å². The molecule has 6 nitrogen and oxygen atoms in total. The van der Waals surface area contributed by atoms with Crippen molar-refractivity contribution < 1.29 is 9.59 Å². The average molecular weight is 390 g/mol. The molecule has 0 saturated heterocycles. The predicted molar refractivity (Wildman–Crippen MR) is 114 cm³/mol. The van der Waals surface area contributed by atoms with Crippen molar-refractivity contribution in [1.29, 1.82) is 0 Å². The van der Waals surface area contributed by atoms with E-state index in [1.165, 1.54) is 0 Å². The fourth-order valence-electron chi connectivity index (χ4n) is 2.97. The van der Waals surface area contributed by atoms with Crippen LogP contribution in [0.15, 0.2) is 67.0 Å². The average Bonchev–Trinajstić information content (AvgIpc) is 3.22. The summed E-state index contributed by atoms with van der Waals surface area (Å²) in [6.07, 6.45) is 5.23. The molecule has 1 atom stereocenters. The van der Waals surface area contributed by atoms with Crippen LogP contribution in [0.5, 0.6) is 0 Å². The number of nitrogens with one attached hydrogen (secondary N) is 2. The number of amides is 2. The lowest BCUT2D eigenvalue weighted by Gasteiger charge is -2.15. The molecule has 0 aliphatic heterocycles. The summed E-state index contributed by atoms with van der Waals surface area (Å²) in [5.74, 6) is -0.0250. The van der Waals surface area contributed by atoms with Crippen LogP contribution in [0.25, 0.3) is 5.69 Å². The molecule has 2 amide bonds. The van der Waals surface area contributed by atoms with Crippen molar-refractivity contribution in [3.05, 3.63) is 78.1 Å². The lowest BCUT2D eigenvalue weighted by Crippen LogP contribution is -2.26. The lowest BCUT2D eigenvalue weighted by molar-refractivity contribution is -0.121. The van der Waals surface area contributed by atoms with Gasteiger partial charge in [-0.25, -0.2) is 4.68 Å². The van der Waals surface area contributed by atoms with Gasteiger partial charge in [-0.15, -0.1) is 0 Å². The van der Waals surface area contributed by atoms with E-state index in [4.69, 9.17) is 0 Å². The lowest BCUT2D eigenvalue weighted by atomic mass is 10.1. The Morgan fingerprint density at radius 3 is 2.45 bits per heavy atom. The van der Waals surface area contributed by atoms with E-state index in [0.717, 1.165) is 22.5 Å². The Labute approximate surface area is 170 Å². The first-order valence-electron chi connectivity index (χ1n) is 9.83. The third-order valence-corrected chi connectivity index (χ3v) is 4.69. The highest BCUT2D eigenvalue weighted by atomic mass is 16.2. The van der Waals surface area contributed by atoms with Gasteiger partial charge in [-0.1, -0.05) is 37.3 Å². The molecule has 6 heteroatoms. The zero-order valence-electron chi connectivity index (χ0n) is 16.8. The summed E-state index contributed by atoms with van der Waals surface area (Å²) in [5, 5.41) is 10.2. The van der Waals surface area contributed by atoms with E-state index in [1.807, 2.05) is 79.3 Å². The van der Waals surface area contributed by atoms with Crippen molar-refractivity contribution in [2.75, 3.05) is 5.32 Å². The van der Waals surface area contributed by atoms with Crippen LogP contribution < -0.4 is 10.6 Å². The van der Waals surface area contributed by atoms with Crippen LogP contribution in [0, 0.1) is 0 Å². The highest BCUT2D eigenvalue weighted by Gasteiger charge is 2.11. The van der Waals surface area contributed by atoms with Gasteiger partial charge in [-0.3, -0.25) is 9.59 Å². The first-order valence-corrected chi connectivity index (χ1v) is 9.83. The number of hydrogen-bond acceptors (Lipinski definition) is 3. The van der Waals surface area contributed by atoms with Crippen LogP contribution in [0.2, 0.25) is 0 Å². The molecule has 1 unspecified atom stereocenters. The molecule has 0 radical (unpaired) electrons. The van der Waals surface area contributed by atoms with Crippen LogP contribution in [0.1, 0.15) is 43.9 Å². The molecule has 1 aromatic heterocycles. The maximum absolute atomic E-state index is 12.3. The number of rotatable bonds is 8. The van der Waals surface area contributed by atoms with Crippen LogP contribution in [-0.2, 0) is 16.0 Å². The number of carbonyl (C=O) groups is 2. The van der Waals surface area contributed by atoms with Gasteiger partial charge in [-0.05, 0) is 48.7 Å². The summed E-state index contributed by atoms with van der Waals surface area (Å²) in [4.78, 5) is 23.8. The van der Waals surface area contributed by atoms with Crippen molar-refractivity contribution >= 4 is 17.5 Å². The largest absolute Gasteiger partial charge is 0.350 e. The zero-order chi connectivity index (χ0) is 20.6. The summed E-state index contributed by atoms with van der Waals surface area (Å²) in [6.45, 7) is 3.76. The van der Waals surface area contributed by atoms with E-state index in [-0.39, 0.29) is 17.9 Å². The molecule has 2 aromatic carbocycles. The van der Waals surface area contributed by atoms with E-state index in [1.54, 1.807) is 6.20 Å². The minimum Gasteiger partial charge on any atom is -0.350 e. The molecule has 0 fully saturated rings. The third kappa shape index (κ3) is 5.78. The monoisotopic (exact) mass is 390 g/mol. The predicted octanol–water partition coefficient (Wildman–Crippen LogP) is 4.03. The molecule has 2 N–H and O–H groups in total. The Bertz CT molecular complexity index is 949. The standard InChI is InChI=1S/C23H26N4O2/c1-3-22(28)26-20-12-10-19(11-13-20)17(2)25-23(29)14-9-18-15-24-27(16-18)21-7-5-4-6-8-21/h4-8,10-13,15-17H,3,9,14H2,1-2H3,(H,25,29)(H,26,28). The van der Waals surface area contributed by atoms with Crippen LogP contribution >= 0.6 is 0 Å². The SMILES string of the molecule is CCC(=O)Nc1ccc(C(C)NC(=O)CCc2cnn(-c3ccccc3)c2)cc1. The summed E-state index contributed by atoms with van der Waals surface area (Å²) in [7, 11) is 0. The number of aryl methyl sites for hydroxylation is 1. The second-order valence-corrected chi connectivity index (χ2v) is 6.94. The van der Waals surface area contributed by atoms with Gasteiger partial charge in [0, 0.05) is 24.7 Å². The zero-order valence-corrected chi connectivity index (χ0v) is 16.8. The second-order valence-electron chi connectivity index (χ2n) is 6.94. The third-order valence-electron chi connectivity index (χ3n) is 4.69. The number of carbonyl (C=O) groups excluding carboxylic acids is 2. The highest BCUT2D eigenvalue weighted by molar-refractivity contribution is 5.90. The van der Waals surface area contributed by atoms with Gasteiger partial charge in [0.15, 0.2) is 0 Å². The molecule has 0 aliphatic rings. The second kappa shape index (κ2) is 9.68. The van der Waals surface area contributed by atoms with Crippen molar-refractivity contribution in [2.24, 2.45) is 0 Å². The van der Waals surface area contributed by atoms with E-state index in [2.05, 4.69) is 15.7 Å². The molecule has 1 heterocycles. The molecule has 3 rings (SSSR count). The van der Waals surface area contributed by atoms with E-state index in [0.29, 0.717) is 19.3 Å². The Kier molecular flexibility index (Phi) is 6.79. The number of aromatic nitrogens is 2. The summed E-state index contributed by atoms with van der Waals surface area (Å²) < 4.78 is 1.81. The molecule has 0 aliphatic carbocycles. The molecular weight excluding hydrogens is 364 g/mol. The van der Waals surface area contributed by atoms with Gasteiger partial charge in [0.25, 0.3) is 0 Å². The fraction of sp³-hybridized carbons (Fsp3) is 0.261. The number of benzene rings is 2. The fourth-order valence-corrected chi connectivity index (χ4v) is 2.97. The molecular formula is C23H26N4O2. The van der Waals surface area contributed by atoms with Crippen LogP contribution in [0.3, 0.4) is 0 Å². The maximum Gasteiger partial charge on any atom is 0.224 e. The summed E-state index contributed by atoms with van der Waals surface area (Å²) in [6, 6.07) is 17.3. The number of hydrogen-bond donors (Lipinski definition) is 2. The molecule has 0 spiro atoms. The minimum atomic E-state index is -0.106. The van der Waals surface area contributed by atoms with Gasteiger partial charge in [0.2, 0.25) is 11.8 Å². The van der Waals surface area contributed by atoms with E-state index >= 15 is 0 Å². The smallest absolute Gasteiger partial charge is 0.224 e. The number of anilines is 1. The van der Waals surface area contributed by atoms with Crippen molar-refractivity contribution in [1.82, 2.24) is 15.1 Å². The van der Waals surface area contributed by atoms with Crippen molar-refractivity contribution in [2.45, 2.75) is 39.2 Å². The van der Waals surface area contributed by atoms with E-state index < -0.39 is 0 Å². The quantitative estimate of drug-likeness (QED) is 0.610. The Hall–Kier alpha value is -3.41. The molecule has 0 saturated carbocycles. The van der Waals surface area contributed by atoms with Gasteiger partial charge in [0.1, 0.15) is 0 Å². The van der Waals surface area contributed by atoms with Gasteiger partial charge in [-0.2, -0.15) is 5.10 Å². The molecule has 150 valence electrons. The summed E-state index contributed by atoms with van der Waals surface area (Å²) in [5.41, 5.74) is 3.77. The number of nitrogens with zero attached hydrogens (tertiary/aromatic N) is 2. The van der Waals surface area contributed by atoms with Gasteiger partial charge >= 0.3 is 0 Å². The molecule has 0 bridgehead atoms.